The maximum atomic E-state index is 9.22. The summed E-state index contributed by atoms with van der Waals surface area (Å²) in [5.41, 5.74) is 0. The SMILES string of the molecule is CCCCCCCOC1CC(CCC)CCC1C#N. The van der Waals surface area contributed by atoms with Crippen molar-refractivity contribution in [3.63, 3.8) is 0 Å². The third kappa shape index (κ3) is 6.43. The van der Waals surface area contributed by atoms with E-state index in [1.54, 1.807) is 0 Å². The second-order valence-electron chi connectivity index (χ2n) is 6.03. The molecule has 0 aromatic carbocycles. The van der Waals surface area contributed by atoms with Crippen LogP contribution in [0.25, 0.3) is 0 Å². The van der Waals surface area contributed by atoms with Crippen molar-refractivity contribution in [1.29, 1.82) is 5.26 Å². The molecular weight excluding hydrogens is 234 g/mol. The molecule has 0 saturated heterocycles. The van der Waals surface area contributed by atoms with Crippen molar-refractivity contribution in [1.82, 2.24) is 0 Å². The van der Waals surface area contributed by atoms with E-state index in [0.717, 1.165) is 31.8 Å². The minimum atomic E-state index is 0.142. The number of nitriles is 1. The highest BCUT2D eigenvalue weighted by atomic mass is 16.5. The van der Waals surface area contributed by atoms with Gasteiger partial charge in [0.2, 0.25) is 0 Å². The van der Waals surface area contributed by atoms with Crippen molar-refractivity contribution in [2.45, 2.75) is 84.2 Å². The van der Waals surface area contributed by atoms with Crippen LogP contribution in [0.1, 0.15) is 78.1 Å². The van der Waals surface area contributed by atoms with Gasteiger partial charge in [0.1, 0.15) is 0 Å². The minimum absolute atomic E-state index is 0.142. The first kappa shape index (κ1) is 16.5. The first-order valence-corrected chi connectivity index (χ1v) is 8.33. The lowest BCUT2D eigenvalue weighted by Gasteiger charge is -2.32. The molecule has 0 radical (unpaired) electrons. The predicted octanol–water partition coefficient (Wildman–Crippen LogP) is 5.08. The van der Waals surface area contributed by atoms with E-state index in [0.29, 0.717) is 0 Å². The molecule has 1 saturated carbocycles. The van der Waals surface area contributed by atoms with Gasteiger partial charge in [-0.3, -0.25) is 0 Å². The fourth-order valence-corrected chi connectivity index (χ4v) is 3.15. The zero-order valence-corrected chi connectivity index (χ0v) is 12.9. The van der Waals surface area contributed by atoms with Crippen LogP contribution in [0.3, 0.4) is 0 Å². The van der Waals surface area contributed by atoms with E-state index in [1.165, 1.54) is 44.9 Å². The lowest BCUT2D eigenvalue weighted by atomic mass is 9.78. The van der Waals surface area contributed by atoms with Gasteiger partial charge in [-0.2, -0.15) is 5.26 Å². The predicted molar refractivity (Wildman–Crippen MR) is 79.9 cm³/mol. The normalized spacial score (nSPS) is 27.1. The van der Waals surface area contributed by atoms with Crippen LogP contribution >= 0.6 is 0 Å². The van der Waals surface area contributed by atoms with E-state index >= 15 is 0 Å². The van der Waals surface area contributed by atoms with Crippen molar-refractivity contribution in [3.8, 4) is 6.07 Å². The summed E-state index contributed by atoms with van der Waals surface area (Å²) in [5.74, 6) is 0.934. The first-order valence-electron chi connectivity index (χ1n) is 8.33. The van der Waals surface area contributed by atoms with Crippen LogP contribution < -0.4 is 0 Å². The minimum Gasteiger partial charge on any atom is -0.377 e. The lowest BCUT2D eigenvalue weighted by molar-refractivity contribution is -0.0123. The summed E-state index contributed by atoms with van der Waals surface area (Å²) >= 11 is 0. The molecule has 0 aromatic rings. The van der Waals surface area contributed by atoms with Gasteiger partial charge in [0.15, 0.2) is 0 Å². The van der Waals surface area contributed by atoms with Gasteiger partial charge < -0.3 is 4.74 Å². The molecule has 2 heteroatoms. The van der Waals surface area contributed by atoms with Gasteiger partial charge in [0.25, 0.3) is 0 Å². The third-order valence-electron chi connectivity index (χ3n) is 4.34. The van der Waals surface area contributed by atoms with Gasteiger partial charge in [-0.15, -0.1) is 0 Å². The van der Waals surface area contributed by atoms with E-state index in [1.807, 2.05) is 0 Å². The van der Waals surface area contributed by atoms with Gasteiger partial charge in [-0.25, -0.2) is 0 Å². The molecule has 3 atom stereocenters. The molecule has 0 spiro atoms. The third-order valence-corrected chi connectivity index (χ3v) is 4.34. The second kappa shape index (κ2) is 10.3. The van der Waals surface area contributed by atoms with Crippen LogP contribution in [0.2, 0.25) is 0 Å². The summed E-state index contributed by atoms with van der Waals surface area (Å²) in [6, 6.07) is 2.45. The topological polar surface area (TPSA) is 33.0 Å². The van der Waals surface area contributed by atoms with Gasteiger partial charge in [0.05, 0.1) is 18.1 Å². The number of hydrogen-bond donors (Lipinski definition) is 0. The molecule has 19 heavy (non-hydrogen) atoms. The van der Waals surface area contributed by atoms with Crippen molar-refractivity contribution in [2.75, 3.05) is 6.61 Å². The number of ether oxygens (including phenoxy) is 1. The molecule has 0 aliphatic heterocycles. The number of hydrogen-bond acceptors (Lipinski definition) is 2. The summed E-state index contributed by atoms with van der Waals surface area (Å²) in [7, 11) is 0. The zero-order valence-electron chi connectivity index (χ0n) is 12.9. The molecule has 110 valence electrons. The Labute approximate surface area is 119 Å². The highest BCUT2D eigenvalue weighted by molar-refractivity contribution is 4.93. The van der Waals surface area contributed by atoms with Crippen LogP contribution in [0.15, 0.2) is 0 Å². The zero-order chi connectivity index (χ0) is 13.9. The van der Waals surface area contributed by atoms with E-state index in [4.69, 9.17) is 4.74 Å². The summed E-state index contributed by atoms with van der Waals surface area (Å²) in [6.45, 7) is 5.34. The number of unbranched alkanes of at least 4 members (excludes halogenated alkanes) is 4. The Bertz CT molecular complexity index is 258. The summed E-state index contributed by atoms with van der Waals surface area (Å²) < 4.78 is 6.02. The molecule has 3 unspecified atom stereocenters. The fourth-order valence-electron chi connectivity index (χ4n) is 3.15. The highest BCUT2D eigenvalue weighted by Crippen LogP contribution is 2.33. The Hall–Kier alpha value is -0.550. The van der Waals surface area contributed by atoms with Crippen molar-refractivity contribution >= 4 is 0 Å². The van der Waals surface area contributed by atoms with Crippen LogP contribution in [0, 0.1) is 23.2 Å². The van der Waals surface area contributed by atoms with Crippen molar-refractivity contribution < 1.29 is 4.74 Å². The van der Waals surface area contributed by atoms with Crippen LogP contribution in [-0.2, 0) is 4.74 Å². The van der Waals surface area contributed by atoms with Gasteiger partial charge in [-0.1, -0.05) is 52.4 Å². The Morgan fingerprint density at radius 2 is 1.84 bits per heavy atom. The smallest absolute Gasteiger partial charge is 0.0735 e. The standard InChI is InChI=1S/C17H31NO/c1-3-5-6-7-8-12-19-17-13-15(9-4-2)10-11-16(17)14-18/h15-17H,3-13H2,1-2H3. The molecule has 0 amide bonds. The van der Waals surface area contributed by atoms with Gasteiger partial charge >= 0.3 is 0 Å². The molecule has 0 heterocycles. The molecular formula is C17H31NO. The summed E-state index contributed by atoms with van der Waals surface area (Å²) in [6.07, 6.45) is 12.5. The van der Waals surface area contributed by atoms with Crippen LogP contribution in [0.4, 0.5) is 0 Å². The quantitative estimate of drug-likeness (QED) is 0.544. The van der Waals surface area contributed by atoms with E-state index in [2.05, 4.69) is 19.9 Å². The van der Waals surface area contributed by atoms with E-state index in [9.17, 15) is 5.26 Å². The number of nitrogens with zero attached hydrogens (tertiary/aromatic N) is 1. The molecule has 2 nitrogen and oxygen atoms in total. The number of rotatable bonds is 9. The first-order chi connectivity index (χ1) is 9.31. The van der Waals surface area contributed by atoms with E-state index in [-0.39, 0.29) is 12.0 Å². The Kier molecular flexibility index (Phi) is 8.91. The van der Waals surface area contributed by atoms with Gasteiger partial charge in [-0.05, 0) is 31.6 Å². The molecule has 0 bridgehead atoms. The molecule has 1 aliphatic carbocycles. The average molecular weight is 265 g/mol. The molecule has 1 aliphatic rings. The van der Waals surface area contributed by atoms with E-state index < -0.39 is 0 Å². The summed E-state index contributed by atoms with van der Waals surface area (Å²) in [4.78, 5) is 0. The Morgan fingerprint density at radius 3 is 2.53 bits per heavy atom. The summed E-state index contributed by atoms with van der Waals surface area (Å²) in [5, 5.41) is 9.22. The van der Waals surface area contributed by atoms with Crippen molar-refractivity contribution in [2.24, 2.45) is 11.8 Å². The Balaban J connectivity index is 2.21. The second-order valence-corrected chi connectivity index (χ2v) is 6.03. The largest absolute Gasteiger partial charge is 0.377 e. The maximum Gasteiger partial charge on any atom is 0.0735 e. The lowest BCUT2D eigenvalue weighted by Crippen LogP contribution is -2.31. The van der Waals surface area contributed by atoms with Crippen molar-refractivity contribution in [3.05, 3.63) is 0 Å². The average Bonchev–Trinajstić information content (AvgIpc) is 2.43. The maximum absolute atomic E-state index is 9.22. The molecule has 1 rings (SSSR count). The van der Waals surface area contributed by atoms with Crippen LogP contribution in [0.5, 0.6) is 0 Å². The van der Waals surface area contributed by atoms with Gasteiger partial charge in [0, 0.05) is 6.61 Å². The fraction of sp³-hybridized carbons (Fsp3) is 0.941. The molecule has 1 fully saturated rings. The van der Waals surface area contributed by atoms with Crippen LogP contribution in [-0.4, -0.2) is 12.7 Å². The Morgan fingerprint density at radius 1 is 1.05 bits per heavy atom. The highest BCUT2D eigenvalue weighted by Gasteiger charge is 2.30. The monoisotopic (exact) mass is 265 g/mol. The molecule has 0 N–H and O–H groups in total. The molecule has 0 aromatic heterocycles.